The van der Waals surface area contributed by atoms with Crippen LogP contribution in [0.4, 0.5) is 0 Å². The van der Waals surface area contributed by atoms with Gasteiger partial charge in [0, 0.05) is 37.1 Å². The Labute approximate surface area is 118 Å². The second-order valence-electron chi connectivity index (χ2n) is 4.96. The zero-order valence-corrected chi connectivity index (χ0v) is 12.2. The van der Waals surface area contributed by atoms with Crippen molar-refractivity contribution in [3.63, 3.8) is 0 Å². The van der Waals surface area contributed by atoms with Crippen molar-refractivity contribution in [3.05, 3.63) is 16.6 Å². The van der Waals surface area contributed by atoms with Crippen LogP contribution in [0.1, 0.15) is 24.3 Å². The molecule has 19 heavy (non-hydrogen) atoms. The molecule has 0 aromatic carbocycles. The van der Waals surface area contributed by atoms with Crippen LogP contribution >= 0.6 is 11.3 Å². The zero-order chi connectivity index (χ0) is 13.5. The predicted octanol–water partition coefficient (Wildman–Crippen LogP) is 0.658. The Balaban J connectivity index is 1.69. The molecule has 1 amide bonds. The number of hydrogen-bond acceptors (Lipinski definition) is 5. The van der Waals surface area contributed by atoms with Gasteiger partial charge in [-0.1, -0.05) is 6.92 Å². The Morgan fingerprint density at radius 2 is 2.47 bits per heavy atom. The normalized spacial score (nSPS) is 18.8. The summed E-state index contributed by atoms with van der Waals surface area (Å²) < 4.78 is 0. The molecule has 1 aromatic rings. The maximum Gasteiger partial charge on any atom is 0.234 e. The largest absolute Gasteiger partial charge is 0.354 e. The lowest BCUT2D eigenvalue weighted by molar-refractivity contribution is -0.122. The van der Waals surface area contributed by atoms with E-state index in [-0.39, 0.29) is 11.8 Å². The van der Waals surface area contributed by atoms with Gasteiger partial charge in [0.2, 0.25) is 5.91 Å². The van der Waals surface area contributed by atoms with Gasteiger partial charge >= 0.3 is 0 Å². The van der Waals surface area contributed by atoms with Crippen molar-refractivity contribution in [1.29, 1.82) is 0 Å². The predicted molar refractivity (Wildman–Crippen MR) is 77.5 cm³/mol. The highest BCUT2D eigenvalue weighted by Gasteiger charge is 2.14. The second-order valence-corrected chi connectivity index (χ2v) is 5.88. The highest BCUT2D eigenvalue weighted by molar-refractivity contribution is 7.09. The number of nitrogens with zero attached hydrogens (tertiary/aromatic N) is 2. The molecule has 2 N–H and O–H groups in total. The minimum Gasteiger partial charge on any atom is -0.354 e. The van der Waals surface area contributed by atoms with Gasteiger partial charge in [0.25, 0.3) is 0 Å². The van der Waals surface area contributed by atoms with Crippen LogP contribution in [0.15, 0.2) is 11.6 Å². The summed E-state index contributed by atoms with van der Waals surface area (Å²) in [6, 6.07) is 0. The topological polar surface area (TPSA) is 57.3 Å². The Hall–Kier alpha value is -0.980. The van der Waals surface area contributed by atoms with Crippen LogP contribution < -0.4 is 10.6 Å². The highest BCUT2D eigenvalue weighted by atomic mass is 32.1. The van der Waals surface area contributed by atoms with E-state index in [0.29, 0.717) is 13.1 Å². The monoisotopic (exact) mass is 282 g/mol. The molecule has 1 unspecified atom stereocenters. The standard InChI is InChI=1S/C13H22N4OS/c1-11(13-15-5-8-19-13)9-16-12(18)10-17-6-2-3-14-4-7-17/h5,8,11,14H,2-4,6-7,9-10H2,1H3,(H,16,18). The van der Waals surface area contributed by atoms with Crippen LogP contribution in [0.2, 0.25) is 0 Å². The van der Waals surface area contributed by atoms with Crippen LogP contribution in [-0.4, -0.2) is 55.1 Å². The molecule has 0 saturated carbocycles. The summed E-state index contributed by atoms with van der Waals surface area (Å²) in [5.74, 6) is 0.403. The molecule has 0 radical (unpaired) electrons. The van der Waals surface area contributed by atoms with Crippen LogP contribution in [0.5, 0.6) is 0 Å². The van der Waals surface area contributed by atoms with Crippen LogP contribution in [0.3, 0.4) is 0 Å². The zero-order valence-electron chi connectivity index (χ0n) is 11.4. The molecular weight excluding hydrogens is 260 g/mol. The van der Waals surface area contributed by atoms with E-state index in [1.165, 1.54) is 0 Å². The minimum atomic E-state index is 0.116. The van der Waals surface area contributed by atoms with E-state index < -0.39 is 0 Å². The minimum absolute atomic E-state index is 0.116. The molecular formula is C13H22N4OS. The molecule has 6 heteroatoms. The SMILES string of the molecule is CC(CNC(=O)CN1CCCNCC1)c1nccs1. The van der Waals surface area contributed by atoms with Crippen LogP contribution in [0.25, 0.3) is 0 Å². The van der Waals surface area contributed by atoms with E-state index in [0.717, 1.165) is 37.6 Å². The molecule has 0 aliphatic carbocycles. The maximum absolute atomic E-state index is 11.9. The first-order chi connectivity index (χ1) is 9.25. The summed E-state index contributed by atoms with van der Waals surface area (Å²) in [5.41, 5.74) is 0. The molecule has 1 aliphatic rings. The Bertz CT molecular complexity index is 374. The Morgan fingerprint density at radius 3 is 3.26 bits per heavy atom. The van der Waals surface area contributed by atoms with Crippen LogP contribution in [-0.2, 0) is 4.79 Å². The first-order valence-electron chi connectivity index (χ1n) is 6.85. The third kappa shape index (κ3) is 4.89. The van der Waals surface area contributed by atoms with Crippen molar-refractivity contribution >= 4 is 17.2 Å². The van der Waals surface area contributed by atoms with Crippen molar-refractivity contribution < 1.29 is 4.79 Å². The quantitative estimate of drug-likeness (QED) is 0.833. The highest BCUT2D eigenvalue weighted by Crippen LogP contribution is 2.16. The second kappa shape index (κ2) is 7.57. The number of aromatic nitrogens is 1. The lowest BCUT2D eigenvalue weighted by atomic mass is 10.2. The van der Waals surface area contributed by atoms with Gasteiger partial charge in [0.15, 0.2) is 0 Å². The van der Waals surface area contributed by atoms with E-state index in [4.69, 9.17) is 0 Å². The molecule has 106 valence electrons. The first-order valence-corrected chi connectivity index (χ1v) is 7.73. The van der Waals surface area contributed by atoms with Crippen LogP contribution in [0, 0.1) is 0 Å². The summed E-state index contributed by atoms with van der Waals surface area (Å²) in [6.45, 7) is 7.25. The van der Waals surface area contributed by atoms with Gasteiger partial charge in [-0.2, -0.15) is 0 Å². The smallest absolute Gasteiger partial charge is 0.234 e. The molecule has 0 bridgehead atoms. The van der Waals surface area contributed by atoms with Crippen molar-refractivity contribution in [2.75, 3.05) is 39.3 Å². The molecule has 2 heterocycles. The number of nitrogens with one attached hydrogen (secondary N) is 2. The average Bonchev–Trinajstić information content (AvgIpc) is 2.82. The molecule has 1 atom stereocenters. The van der Waals surface area contributed by atoms with Gasteiger partial charge in [0.1, 0.15) is 0 Å². The lowest BCUT2D eigenvalue weighted by Gasteiger charge is -2.19. The Kier molecular flexibility index (Phi) is 5.75. The molecule has 1 saturated heterocycles. The van der Waals surface area contributed by atoms with Gasteiger partial charge in [0.05, 0.1) is 11.6 Å². The molecule has 0 spiro atoms. The fraction of sp³-hybridized carbons (Fsp3) is 0.692. The summed E-state index contributed by atoms with van der Waals surface area (Å²) in [6.07, 6.45) is 2.92. The third-order valence-corrected chi connectivity index (χ3v) is 4.29. The van der Waals surface area contributed by atoms with Gasteiger partial charge in [-0.05, 0) is 19.5 Å². The first kappa shape index (κ1) is 14.4. The lowest BCUT2D eigenvalue weighted by Crippen LogP contribution is -2.40. The van der Waals surface area contributed by atoms with E-state index in [1.54, 1.807) is 11.3 Å². The number of hydrogen-bond donors (Lipinski definition) is 2. The molecule has 5 nitrogen and oxygen atoms in total. The van der Waals surface area contributed by atoms with E-state index in [1.807, 2.05) is 11.6 Å². The summed E-state index contributed by atoms with van der Waals surface area (Å²) in [4.78, 5) is 18.4. The third-order valence-electron chi connectivity index (χ3n) is 3.28. The molecule has 1 aromatic heterocycles. The fourth-order valence-corrected chi connectivity index (χ4v) is 2.85. The Morgan fingerprint density at radius 1 is 1.58 bits per heavy atom. The van der Waals surface area contributed by atoms with Crippen molar-refractivity contribution in [3.8, 4) is 0 Å². The van der Waals surface area contributed by atoms with E-state index in [9.17, 15) is 4.79 Å². The van der Waals surface area contributed by atoms with E-state index in [2.05, 4.69) is 27.4 Å². The van der Waals surface area contributed by atoms with Crippen molar-refractivity contribution in [2.24, 2.45) is 0 Å². The number of amides is 1. The van der Waals surface area contributed by atoms with E-state index >= 15 is 0 Å². The molecule has 1 aliphatic heterocycles. The van der Waals surface area contributed by atoms with Gasteiger partial charge in [-0.15, -0.1) is 11.3 Å². The summed E-state index contributed by atoms with van der Waals surface area (Å²) in [5, 5.41) is 9.40. The number of rotatable bonds is 5. The number of carbonyl (C=O) groups is 1. The molecule has 2 rings (SSSR count). The van der Waals surface area contributed by atoms with Gasteiger partial charge in [-0.3, -0.25) is 9.69 Å². The van der Waals surface area contributed by atoms with Gasteiger partial charge < -0.3 is 10.6 Å². The number of carbonyl (C=O) groups excluding carboxylic acids is 1. The van der Waals surface area contributed by atoms with Crippen molar-refractivity contribution in [2.45, 2.75) is 19.3 Å². The summed E-state index contributed by atoms with van der Waals surface area (Å²) >= 11 is 1.64. The average molecular weight is 282 g/mol. The fourth-order valence-electron chi connectivity index (χ4n) is 2.15. The van der Waals surface area contributed by atoms with Crippen molar-refractivity contribution in [1.82, 2.24) is 20.5 Å². The summed E-state index contributed by atoms with van der Waals surface area (Å²) in [7, 11) is 0. The number of thiazole rings is 1. The van der Waals surface area contributed by atoms with Gasteiger partial charge in [-0.25, -0.2) is 4.98 Å². The molecule has 1 fully saturated rings. The maximum atomic E-state index is 11.9.